The molecule has 1 N–H and O–H groups in total. The van der Waals surface area contributed by atoms with Gasteiger partial charge in [0.05, 0.1) is 0 Å². The van der Waals surface area contributed by atoms with Crippen LogP contribution >= 0.6 is 0 Å². The number of carbonyl (C=O) groups is 1. The summed E-state index contributed by atoms with van der Waals surface area (Å²) in [5, 5.41) is 8.66. The molecular formula is C11H14O2. The standard InChI is InChI=1S/C11H14O2/c1-2-4-9-5-3-6-10(7-9)11(13)8-12/h3,5-7,12H,2,4,8H2,1H3. The van der Waals surface area contributed by atoms with Gasteiger partial charge in [0.15, 0.2) is 5.78 Å². The molecule has 13 heavy (non-hydrogen) atoms. The van der Waals surface area contributed by atoms with Crippen molar-refractivity contribution in [1.29, 1.82) is 0 Å². The quantitative estimate of drug-likeness (QED) is 0.714. The first-order chi connectivity index (χ1) is 6.27. The highest BCUT2D eigenvalue weighted by atomic mass is 16.3. The van der Waals surface area contributed by atoms with Gasteiger partial charge in [0.1, 0.15) is 6.61 Å². The molecular weight excluding hydrogens is 164 g/mol. The van der Waals surface area contributed by atoms with E-state index >= 15 is 0 Å². The number of aliphatic hydroxyl groups excluding tert-OH is 1. The van der Waals surface area contributed by atoms with Crippen molar-refractivity contribution in [2.45, 2.75) is 19.8 Å². The molecule has 0 fully saturated rings. The molecule has 0 heterocycles. The molecule has 0 amide bonds. The van der Waals surface area contributed by atoms with Crippen LogP contribution in [0.2, 0.25) is 0 Å². The fraction of sp³-hybridized carbons (Fsp3) is 0.364. The average Bonchev–Trinajstić information content (AvgIpc) is 2.18. The van der Waals surface area contributed by atoms with Crippen LogP contribution in [0.1, 0.15) is 29.3 Å². The van der Waals surface area contributed by atoms with Gasteiger partial charge in [-0.3, -0.25) is 4.79 Å². The highest BCUT2D eigenvalue weighted by molar-refractivity contribution is 5.97. The summed E-state index contributed by atoms with van der Waals surface area (Å²) in [6.07, 6.45) is 2.04. The smallest absolute Gasteiger partial charge is 0.188 e. The first-order valence-electron chi connectivity index (χ1n) is 4.51. The van der Waals surface area contributed by atoms with Crippen LogP contribution in [0.15, 0.2) is 24.3 Å². The topological polar surface area (TPSA) is 37.3 Å². The van der Waals surface area contributed by atoms with Crippen molar-refractivity contribution in [1.82, 2.24) is 0 Å². The fourth-order valence-corrected chi connectivity index (χ4v) is 1.28. The monoisotopic (exact) mass is 178 g/mol. The maximum Gasteiger partial charge on any atom is 0.188 e. The summed E-state index contributed by atoms with van der Waals surface area (Å²) in [5.74, 6) is -0.210. The van der Waals surface area contributed by atoms with Crippen molar-refractivity contribution in [3.05, 3.63) is 35.4 Å². The minimum absolute atomic E-state index is 0.210. The molecule has 0 aliphatic rings. The van der Waals surface area contributed by atoms with Crippen LogP contribution in [0.4, 0.5) is 0 Å². The average molecular weight is 178 g/mol. The molecule has 1 aromatic rings. The van der Waals surface area contributed by atoms with E-state index in [2.05, 4.69) is 6.92 Å². The zero-order chi connectivity index (χ0) is 9.68. The third kappa shape index (κ3) is 2.67. The molecule has 70 valence electrons. The highest BCUT2D eigenvalue weighted by Crippen LogP contribution is 2.07. The molecule has 0 spiro atoms. The number of ketones is 1. The van der Waals surface area contributed by atoms with Crippen molar-refractivity contribution in [2.75, 3.05) is 6.61 Å². The maximum absolute atomic E-state index is 11.1. The van der Waals surface area contributed by atoms with Gasteiger partial charge in [0.25, 0.3) is 0 Å². The summed E-state index contributed by atoms with van der Waals surface area (Å²) in [5.41, 5.74) is 1.76. The second kappa shape index (κ2) is 4.77. The Morgan fingerprint density at radius 1 is 1.46 bits per heavy atom. The van der Waals surface area contributed by atoms with Crippen molar-refractivity contribution in [3.8, 4) is 0 Å². The molecule has 0 aliphatic heterocycles. The van der Waals surface area contributed by atoms with Gasteiger partial charge >= 0.3 is 0 Å². The number of carbonyl (C=O) groups excluding carboxylic acids is 1. The number of Topliss-reactive ketones (excluding diaryl/α,β-unsaturated/α-hetero) is 1. The predicted octanol–water partition coefficient (Wildman–Crippen LogP) is 1.81. The van der Waals surface area contributed by atoms with E-state index in [0.29, 0.717) is 5.56 Å². The molecule has 0 bridgehead atoms. The van der Waals surface area contributed by atoms with Crippen LogP contribution in [0.3, 0.4) is 0 Å². The molecule has 0 saturated carbocycles. The van der Waals surface area contributed by atoms with Crippen LogP contribution < -0.4 is 0 Å². The lowest BCUT2D eigenvalue weighted by molar-refractivity contribution is 0.0903. The van der Waals surface area contributed by atoms with Crippen LogP contribution in [-0.4, -0.2) is 17.5 Å². The number of aryl methyl sites for hydroxylation is 1. The Labute approximate surface area is 78.2 Å². The molecule has 0 aromatic heterocycles. The fourth-order valence-electron chi connectivity index (χ4n) is 1.28. The van der Waals surface area contributed by atoms with E-state index in [1.54, 1.807) is 6.07 Å². The minimum atomic E-state index is -0.407. The van der Waals surface area contributed by atoms with Crippen molar-refractivity contribution < 1.29 is 9.90 Å². The lowest BCUT2D eigenvalue weighted by atomic mass is 10.0. The summed E-state index contributed by atoms with van der Waals surface area (Å²) in [7, 11) is 0. The highest BCUT2D eigenvalue weighted by Gasteiger charge is 2.03. The molecule has 0 saturated heterocycles. The third-order valence-electron chi connectivity index (χ3n) is 1.93. The van der Waals surface area contributed by atoms with E-state index in [4.69, 9.17) is 5.11 Å². The van der Waals surface area contributed by atoms with E-state index < -0.39 is 6.61 Å². The lowest BCUT2D eigenvalue weighted by Crippen LogP contribution is -2.04. The van der Waals surface area contributed by atoms with Gasteiger partial charge in [-0.05, 0) is 18.1 Å². The van der Waals surface area contributed by atoms with E-state index in [1.807, 2.05) is 18.2 Å². The van der Waals surface area contributed by atoms with Crippen LogP contribution in [0, 0.1) is 0 Å². The lowest BCUT2D eigenvalue weighted by Gasteiger charge is -2.01. The Balaban J connectivity index is 2.85. The van der Waals surface area contributed by atoms with Gasteiger partial charge in [0.2, 0.25) is 0 Å². The van der Waals surface area contributed by atoms with Crippen molar-refractivity contribution >= 4 is 5.78 Å². The summed E-state index contributed by atoms with van der Waals surface area (Å²) in [6.45, 7) is 1.69. The number of aliphatic hydroxyl groups is 1. The van der Waals surface area contributed by atoms with Crippen molar-refractivity contribution in [2.24, 2.45) is 0 Å². The van der Waals surface area contributed by atoms with Crippen LogP contribution in [0.25, 0.3) is 0 Å². The maximum atomic E-state index is 11.1. The summed E-state index contributed by atoms with van der Waals surface area (Å²) >= 11 is 0. The number of hydrogen-bond acceptors (Lipinski definition) is 2. The van der Waals surface area contributed by atoms with E-state index in [0.717, 1.165) is 18.4 Å². The van der Waals surface area contributed by atoms with Crippen LogP contribution in [-0.2, 0) is 6.42 Å². The third-order valence-corrected chi connectivity index (χ3v) is 1.93. The molecule has 0 aliphatic carbocycles. The Morgan fingerprint density at radius 3 is 2.85 bits per heavy atom. The SMILES string of the molecule is CCCc1cccc(C(=O)CO)c1. The first-order valence-corrected chi connectivity index (χ1v) is 4.51. The van der Waals surface area contributed by atoms with E-state index in [9.17, 15) is 4.79 Å². The largest absolute Gasteiger partial charge is 0.388 e. The summed E-state index contributed by atoms with van der Waals surface area (Å²) < 4.78 is 0. The molecule has 0 atom stereocenters. The number of hydrogen-bond donors (Lipinski definition) is 1. The summed E-state index contributed by atoms with van der Waals surface area (Å²) in [4.78, 5) is 11.1. The van der Waals surface area contributed by atoms with Gasteiger partial charge in [-0.1, -0.05) is 31.5 Å². The van der Waals surface area contributed by atoms with Crippen LogP contribution in [0.5, 0.6) is 0 Å². The zero-order valence-corrected chi connectivity index (χ0v) is 7.79. The van der Waals surface area contributed by atoms with Gasteiger partial charge < -0.3 is 5.11 Å². The van der Waals surface area contributed by atoms with E-state index in [1.165, 1.54) is 0 Å². The Bertz CT molecular complexity index is 292. The predicted molar refractivity (Wildman–Crippen MR) is 51.9 cm³/mol. The second-order valence-electron chi connectivity index (χ2n) is 3.03. The Morgan fingerprint density at radius 2 is 2.23 bits per heavy atom. The molecule has 0 unspecified atom stereocenters. The number of benzene rings is 1. The molecule has 1 aromatic carbocycles. The molecule has 0 radical (unpaired) electrons. The molecule has 2 nitrogen and oxygen atoms in total. The Kier molecular flexibility index (Phi) is 3.65. The van der Waals surface area contributed by atoms with Crippen molar-refractivity contribution in [3.63, 3.8) is 0 Å². The van der Waals surface area contributed by atoms with Gasteiger partial charge in [-0.15, -0.1) is 0 Å². The first kappa shape index (κ1) is 9.93. The normalized spacial score (nSPS) is 10.0. The van der Waals surface area contributed by atoms with Gasteiger partial charge in [0, 0.05) is 5.56 Å². The Hall–Kier alpha value is -1.15. The van der Waals surface area contributed by atoms with Gasteiger partial charge in [-0.2, -0.15) is 0 Å². The number of rotatable bonds is 4. The second-order valence-corrected chi connectivity index (χ2v) is 3.03. The summed E-state index contributed by atoms with van der Waals surface area (Å²) in [6, 6.07) is 7.44. The van der Waals surface area contributed by atoms with Gasteiger partial charge in [-0.25, -0.2) is 0 Å². The minimum Gasteiger partial charge on any atom is -0.388 e. The molecule has 2 heteroatoms. The van der Waals surface area contributed by atoms with E-state index in [-0.39, 0.29) is 5.78 Å². The zero-order valence-electron chi connectivity index (χ0n) is 7.79. The molecule has 1 rings (SSSR count).